The zero-order chi connectivity index (χ0) is 46.1. The fraction of sp³-hybridized carbons (Fsp3) is 0.0615. The summed E-state index contributed by atoms with van der Waals surface area (Å²) in [5, 5.41) is 19.3. The van der Waals surface area contributed by atoms with Gasteiger partial charge in [0.05, 0.1) is 16.8 Å². The molecule has 0 unspecified atom stereocenters. The molecule has 1 aromatic heterocycles. The van der Waals surface area contributed by atoms with Crippen molar-refractivity contribution < 1.29 is 0 Å². The van der Waals surface area contributed by atoms with Crippen LogP contribution in [0.1, 0.15) is 33.4 Å². The first-order valence-corrected chi connectivity index (χ1v) is 23.2. The molecule has 0 N–H and O–H groups in total. The molecule has 10 aromatic rings. The highest BCUT2D eigenvalue weighted by atomic mass is 14.7. The van der Waals surface area contributed by atoms with Gasteiger partial charge < -0.3 is 0 Å². The monoisotopic (exact) mass is 869 g/mol. The summed E-state index contributed by atoms with van der Waals surface area (Å²) in [5.41, 5.74) is 21.7. The minimum atomic E-state index is 0.378. The molecule has 0 aliphatic heterocycles. The van der Waals surface area contributed by atoms with Crippen LogP contribution in [0.25, 0.3) is 78.0 Å². The van der Waals surface area contributed by atoms with Crippen molar-refractivity contribution in [2.45, 2.75) is 25.7 Å². The highest BCUT2D eigenvalue weighted by molar-refractivity contribution is 5.94. The maximum absolute atomic E-state index is 9.74. The molecule has 0 saturated heterocycles. The van der Waals surface area contributed by atoms with Crippen molar-refractivity contribution in [3.05, 3.63) is 270 Å². The average molecular weight is 870 g/mol. The normalized spacial score (nSPS) is 10.9. The maximum atomic E-state index is 9.74. The highest BCUT2D eigenvalue weighted by Crippen LogP contribution is 2.41. The first-order chi connectivity index (χ1) is 33.6. The van der Waals surface area contributed by atoms with Gasteiger partial charge in [-0.1, -0.05) is 200 Å². The molecule has 68 heavy (non-hydrogen) atoms. The first-order valence-electron chi connectivity index (χ1n) is 23.2. The van der Waals surface area contributed by atoms with Crippen molar-refractivity contribution in [2.75, 3.05) is 0 Å². The van der Waals surface area contributed by atoms with Crippen LogP contribution in [0.2, 0.25) is 0 Å². The van der Waals surface area contributed by atoms with E-state index < -0.39 is 0 Å². The van der Waals surface area contributed by atoms with Crippen LogP contribution < -0.4 is 0 Å². The number of aromatic nitrogens is 1. The molecule has 9 aromatic carbocycles. The van der Waals surface area contributed by atoms with Crippen LogP contribution in [0, 0.1) is 22.7 Å². The predicted octanol–water partition coefficient (Wildman–Crippen LogP) is 16.1. The van der Waals surface area contributed by atoms with E-state index in [9.17, 15) is 10.5 Å². The van der Waals surface area contributed by atoms with Crippen LogP contribution in [-0.2, 0) is 25.7 Å². The summed E-state index contributed by atoms with van der Waals surface area (Å²) in [5.74, 6) is 0. The van der Waals surface area contributed by atoms with Crippen LogP contribution in [0.5, 0.6) is 0 Å². The average Bonchev–Trinajstić information content (AvgIpc) is 3.42. The molecular formula is C65H47N3. The van der Waals surface area contributed by atoms with E-state index in [-0.39, 0.29) is 0 Å². The van der Waals surface area contributed by atoms with Crippen molar-refractivity contribution in [2.24, 2.45) is 0 Å². The lowest BCUT2D eigenvalue weighted by molar-refractivity contribution is 0.931. The van der Waals surface area contributed by atoms with E-state index in [2.05, 4.69) is 217 Å². The summed E-state index contributed by atoms with van der Waals surface area (Å²) < 4.78 is 0. The number of hydrogen-bond acceptors (Lipinski definition) is 3. The number of nitrogens with zero attached hydrogens (tertiary/aromatic N) is 3. The van der Waals surface area contributed by atoms with E-state index in [1.54, 1.807) is 12.1 Å². The Morgan fingerprint density at radius 3 is 1.35 bits per heavy atom. The topological polar surface area (TPSA) is 60.5 Å². The molecular weight excluding hydrogens is 823 g/mol. The van der Waals surface area contributed by atoms with Crippen LogP contribution in [0.4, 0.5) is 0 Å². The number of benzene rings is 9. The summed E-state index contributed by atoms with van der Waals surface area (Å²) in [6.07, 6.45) is 5.54. The summed E-state index contributed by atoms with van der Waals surface area (Å²) >= 11 is 0. The molecule has 10 rings (SSSR count). The Labute approximate surface area is 399 Å². The van der Waals surface area contributed by atoms with Gasteiger partial charge >= 0.3 is 0 Å². The lowest BCUT2D eigenvalue weighted by atomic mass is 9.86. The van der Waals surface area contributed by atoms with Gasteiger partial charge in [0, 0.05) is 11.8 Å². The molecule has 0 radical (unpaired) electrons. The Morgan fingerprint density at radius 2 is 0.735 bits per heavy atom. The van der Waals surface area contributed by atoms with Gasteiger partial charge in [-0.25, -0.2) is 0 Å². The van der Waals surface area contributed by atoms with Crippen molar-refractivity contribution in [3.8, 4) is 90.2 Å². The Bertz CT molecular complexity index is 3310. The number of nitriles is 2. The van der Waals surface area contributed by atoms with Gasteiger partial charge in [-0.2, -0.15) is 10.5 Å². The van der Waals surface area contributed by atoms with E-state index >= 15 is 0 Å². The van der Waals surface area contributed by atoms with Gasteiger partial charge in [-0.3, -0.25) is 4.98 Å². The van der Waals surface area contributed by atoms with Gasteiger partial charge in [0.15, 0.2) is 0 Å². The van der Waals surface area contributed by atoms with E-state index in [0.717, 1.165) is 75.9 Å². The lowest BCUT2D eigenvalue weighted by Crippen LogP contribution is -1.98. The number of aryl methyl sites for hydroxylation is 4. The number of pyridine rings is 1. The van der Waals surface area contributed by atoms with E-state index in [1.807, 2.05) is 24.4 Å². The molecule has 322 valence electrons. The van der Waals surface area contributed by atoms with Crippen molar-refractivity contribution in [1.82, 2.24) is 4.98 Å². The molecule has 1 heterocycles. The molecule has 0 saturated carbocycles. The molecule has 3 heteroatoms. The SMILES string of the molecule is N#Cc1ccc(-c2ccc(-c3cc(-c4ccccc4)ccc3-c3ccccc3-c3cc(CCc4ccc(-c5ccccc5)cc4)cc(CCc4ccc(-c5ccccn5)cc4)c3)cc2)cc1C#N. The van der Waals surface area contributed by atoms with Crippen LogP contribution in [0.3, 0.4) is 0 Å². The second-order valence-electron chi connectivity index (χ2n) is 17.2. The van der Waals surface area contributed by atoms with Gasteiger partial charge in [0.2, 0.25) is 0 Å². The fourth-order valence-corrected chi connectivity index (χ4v) is 9.21. The molecule has 0 bridgehead atoms. The minimum absolute atomic E-state index is 0.378. The third kappa shape index (κ3) is 9.71. The second kappa shape index (κ2) is 20.1. The summed E-state index contributed by atoms with van der Waals surface area (Å²) in [6.45, 7) is 0. The maximum Gasteiger partial charge on any atom is 0.101 e. The van der Waals surface area contributed by atoms with E-state index in [0.29, 0.717) is 11.1 Å². The molecule has 0 spiro atoms. The Kier molecular flexibility index (Phi) is 12.7. The van der Waals surface area contributed by atoms with Crippen molar-refractivity contribution >= 4 is 0 Å². The first kappa shape index (κ1) is 43.0. The Morgan fingerprint density at radius 1 is 0.279 bits per heavy atom. The molecule has 0 aliphatic carbocycles. The summed E-state index contributed by atoms with van der Waals surface area (Å²) in [7, 11) is 0. The van der Waals surface area contributed by atoms with Crippen LogP contribution >= 0.6 is 0 Å². The van der Waals surface area contributed by atoms with Crippen molar-refractivity contribution in [3.63, 3.8) is 0 Å². The van der Waals surface area contributed by atoms with Crippen molar-refractivity contribution in [1.29, 1.82) is 10.5 Å². The summed E-state index contributed by atoms with van der Waals surface area (Å²) in [4.78, 5) is 4.56. The molecule has 0 fully saturated rings. The fourth-order valence-electron chi connectivity index (χ4n) is 9.21. The second-order valence-corrected chi connectivity index (χ2v) is 17.2. The lowest BCUT2D eigenvalue weighted by Gasteiger charge is -2.18. The third-order valence-electron chi connectivity index (χ3n) is 12.9. The molecule has 0 atom stereocenters. The van der Waals surface area contributed by atoms with Gasteiger partial charge in [0.1, 0.15) is 12.1 Å². The van der Waals surface area contributed by atoms with E-state index in [4.69, 9.17) is 0 Å². The van der Waals surface area contributed by atoms with E-state index in [1.165, 1.54) is 50.1 Å². The quantitative estimate of drug-likeness (QED) is 0.116. The standard InChI is InChI=1S/C65H47N3/c66-44-58-35-34-56(42-60(58)45-67)53-30-32-54(33-31-53)64-43-57(51-13-5-2-6-14-51)36-37-63(64)62-16-8-7-15-61(62)59-40-48(20-18-46-22-26-52(27-23-46)50-11-3-1-4-12-50)39-49(41-59)21-19-47-24-28-55(29-25-47)65-17-9-10-38-68-65/h1-17,22-43H,18-21H2. The van der Waals surface area contributed by atoms with Gasteiger partial charge in [0.25, 0.3) is 0 Å². The zero-order valence-corrected chi connectivity index (χ0v) is 37.7. The van der Waals surface area contributed by atoms with Gasteiger partial charge in [-0.05, 0) is 145 Å². The number of hydrogen-bond donors (Lipinski definition) is 0. The van der Waals surface area contributed by atoms with Gasteiger partial charge in [-0.15, -0.1) is 0 Å². The Hall–Kier alpha value is -8.89. The minimum Gasteiger partial charge on any atom is -0.256 e. The largest absolute Gasteiger partial charge is 0.256 e. The third-order valence-corrected chi connectivity index (χ3v) is 12.9. The highest BCUT2D eigenvalue weighted by Gasteiger charge is 2.16. The smallest absolute Gasteiger partial charge is 0.101 e. The van der Waals surface area contributed by atoms with Crippen LogP contribution in [-0.4, -0.2) is 4.98 Å². The predicted molar refractivity (Wildman–Crippen MR) is 279 cm³/mol. The van der Waals surface area contributed by atoms with Crippen LogP contribution in [0.15, 0.2) is 237 Å². The molecule has 0 amide bonds. The number of rotatable bonds is 13. The Balaban J connectivity index is 1.02. The zero-order valence-electron chi connectivity index (χ0n) is 37.7. The summed E-state index contributed by atoms with van der Waals surface area (Å²) in [6, 6.07) is 86.3. The molecule has 3 nitrogen and oxygen atoms in total. The molecule has 0 aliphatic rings.